The molecule has 0 aliphatic carbocycles. The minimum absolute atomic E-state index is 0.0649. The van der Waals surface area contributed by atoms with E-state index in [-0.39, 0.29) is 17.2 Å². The van der Waals surface area contributed by atoms with Crippen LogP contribution in [0.1, 0.15) is 0 Å². The van der Waals surface area contributed by atoms with Gasteiger partial charge in [0.05, 0.1) is 0 Å². The second-order valence-electron chi connectivity index (χ2n) is 6.41. The number of phenolic OH excluding ortho intramolecular Hbond substituents is 3. The highest BCUT2D eigenvalue weighted by Gasteiger charge is 2.12. The van der Waals surface area contributed by atoms with Gasteiger partial charge in [0, 0.05) is 24.3 Å². The van der Waals surface area contributed by atoms with Crippen molar-refractivity contribution < 1.29 is 29.5 Å². The standard InChI is InChI=1S/C24H18O6/c25-16-4-1-7-19(12-16)28-22-10-11-23(29-20-8-2-5-17(26)13-20)24(15-22)30-21-9-3-6-18(27)14-21/h1-15,25-27H. The van der Waals surface area contributed by atoms with Crippen LogP contribution >= 0.6 is 0 Å². The van der Waals surface area contributed by atoms with Crippen LogP contribution in [0.2, 0.25) is 0 Å². The summed E-state index contributed by atoms with van der Waals surface area (Å²) in [5, 5.41) is 29.0. The highest BCUT2D eigenvalue weighted by molar-refractivity contribution is 5.51. The molecular weight excluding hydrogens is 384 g/mol. The fourth-order valence-corrected chi connectivity index (χ4v) is 2.75. The summed E-state index contributed by atoms with van der Waals surface area (Å²) >= 11 is 0. The number of benzene rings is 4. The summed E-state index contributed by atoms with van der Waals surface area (Å²) in [6.45, 7) is 0. The maximum absolute atomic E-state index is 9.71. The molecule has 150 valence electrons. The fourth-order valence-electron chi connectivity index (χ4n) is 2.75. The van der Waals surface area contributed by atoms with E-state index in [2.05, 4.69) is 0 Å². The average molecular weight is 402 g/mol. The normalized spacial score (nSPS) is 10.4. The van der Waals surface area contributed by atoms with Crippen molar-refractivity contribution in [3.63, 3.8) is 0 Å². The van der Waals surface area contributed by atoms with Crippen LogP contribution < -0.4 is 14.2 Å². The predicted molar refractivity (Wildman–Crippen MR) is 111 cm³/mol. The lowest BCUT2D eigenvalue weighted by atomic mass is 10.2. The summed E-state index contributed by atoms with van der Waals surface area (Å²) in [4.78, 5) is 0. The van der Waals surface area contributed by atoms with Crippen LogP contribution in [0.15, 0.2) is 91.0 Å². The molecule has 0 aliphatic rings. The molecule has 4 aromatic carbocycles. The molecule has 0 aliphatic heterocycles. The molecule has 3 N–H and O–H groups in total. The summed E-state index contributed by atoms with van der Waals surface area (Å²) in [7, 11) is 0. The molecule has 6 heteroatoms. The fraction of sp³-hybridized carbons (Fsp3) is 0. The number of aromatic hydroxyl groups is 3. The Labute approximate surface area is 172 Å². The first-order valence-corrected chi connectivity index (χ1v) is 9.10. The zero-order valence-electron chi connectivity index (χ0n) is 15.7. The van der Waals surface area contributed by atoms with Crippen molar-refractivity contribution in [2.24, 2.45) is 0 Å². The van der Waals surface area contributed by atoms with Crippen LogP contribution in [-0.4, -0.2) is 15.3 Å². The number of phenols is 3. The van der Waals surface area contributed by atoms with Crippen LogP contribution in [0.25, 0.3) is 0 Å². The van der Waals surface area contributed by atoms with Crippen molar-refractivity contribution in [2.75, 3.05) is 0 Å². The molecule has 0 bridgehead atoms. The molecule has 4 rings (SSSR count). The Morgan fingerprint density at radius 1 is 0.400 bits per heavy atom. The van der Waals surface area contributed by atoms with Crippen LogP contribution in [0.5, 0.6) is 51.7 Å². The monoisotopic (exact) mass is 402 g/mol. The summed E-state index contributed by atoms with van der Waals surface area (Å²) in [6.07, 6.45) is 0. The molecule has 0 saturated carbocycles. The third-order valence-corrected chi connectivity index (χ3v) is 4.06. The second-order valence-corrected chi connectivity index (χ2v) is 6.41. The SMILES string of the molecule is Oc1cccc(Oc2ccc(Oc3cccc(O)c3)c(Oc3cccc(O)c3)c2)c1. The van der Waals surface area contributed by atoms with Gasteiger partial charge < -0.3 is 29.5 Å². The molecule has 0 amide bonds. The molecule has 0 aromatic heterocycles. The van der Waals surface area contributed by atoms with E-state index in [1.807, 2.05) is 0 Å². The maximum Gasteiger partial charge on any atom is 0.173 e. The molecule has 0 unspecified atom stereocenters. The van der Waals surface area contributed by atoms with Gasteiger partial charge in [0.25, 0.3) is 0 Å². The van der Waals surface area contributed by atoms with Gasteiger partial charge in [-0.25, -0.2) is 0 Å². The first kappa shape index (κ1) is 19.0. The van der Waals surface area contributed by atoms with E-state index in [4.69, 9.17) is 14.2 Å². The van der Waals surface area contributed by atoms with Crippen molar-refractivity contribution >= 4 is 0 Å². The largest absolute Gasteiger partial charge is 0.508 e. The van der Waals surface area contributed by atoms with Crippen molar-refractivity contribution in [1.82, 2.24) is 0 Å². The number of hydrogen-bond acceptors (Lipinski definition) is 6. The minimum Gasteiger partial charge on any atom is -0.508 e. The summed E-state index contributed by atoms with van der Waals surface area (Å²) in [5.41, 5.74) is 0. The first-order chi connectivity index (χ1) is 14.5. The molecule has 4 aromatic rings. The predicted octanol–water partition coefficient (Wildman–Crippen LogP) is 6.18. The Hall–Kier alpha value is -4.32. The number of ether oxygens (including phenoxy) is 3. The lowest BCUT2D eigenvalue weighted by molar-refractivity contribution is 0.405. The lowest BCUT2D eigenvalue weighted by Gasteiger charge is -2.15. The van der Waals surface area contributed by atoms with Gasteiger partial charge in [-0.15, -0.1) is 0 Å². The van der Waals surface area contributed by atoms with Gasteiger partial charge in [-0.05, 0) is 48.5 Å². The van der Waals surface area contributed by atoms with E-state index in [9.17, 15) is 15.3 Å². The molecular formula is C24H18O6. The van der Waals surface area contributed by atoms with Crippen molar-refractivity contribution in [1.29, 1.82) is 0 Å². The molecule has 0 spiro atoms. The van der Waals surface area contributed by atoms with Gasteiger partial charge in [-0.2, -0.15) is 0 Å². The minimum atomic E-state index is 0.0649. The Morgan fingerprint density at radius 2 is 0.833 bits per heavy atom. The number of hydrogen-bond donors (Lipinski definition) is 3. The van der Waals surface area contributed by atoms with Crippen LogP contribution in [-0.2, 0) is 0 Å². The van der Waals surface area contributed by atoms with E-state index < -0.39 is 0 Å². The lowest BCUT2D eigenvalue weighted by Crippen LogP contribution is -1.92. The van der Waals surface area contributed by atoms with E-state index in [0.717, 1.165) is 0 Å². The summed E-state index contributed by atoms with van der Waals surface area (Å²) in [5.74, 6) is 2.70. The summed E-state index contributed by atoms with van der Waals surface area (Å²) < 4.78 is 17.6. The molecule has 0 saturated heterocycles. The Balaban J connectivity index is 1.67. The smallest absolute Gasteiger partial charge is 0.173 e. The van der Waals surface area contributed by atoms with Crippen LogP contribution in [0, 0.1) is 0 Å². The Bertz CT molecular complexity index is 1170. The second kappa shape index (κ2) is 8.36. The van der Waals surface area contributed by atoms with Crippen LogP contribution in [0.4, 0.5) is 0 Å². The molecule has 6 nitrogen and oxygen atoms in total. The van der Waals surface area contributed by atoms with E-state index in [1.54, 1.807) is 72.8 Å². The molecule has 0 radical (unpaired) electrons. The van der Waals surface area contributed by atoms with Gasteiger partial charge >= 0.3 is 0 Å². The quantitative estimate of drug-likeness (QED) is 0.357. The van der Waals surface area contributed by atoms with Crippen LogP contribution in [0.3, 0.4) is 0 Å². The maximum atomic E-state index is 9.71. The van der Waals surface area contributed by atoms with Crippen molar-refractivity contribution in [3.05, 3.63) is 91.0 Å². The topological polar surface area (TPSA) is 88.4 Å². The van der Waals surface area contributed by atoms with E-state index in [0.29, 0.717) is 34.5 Å². The van der Waals surface area contributed by atoms with Crippen molar-refractivity contribution in [3.8, 4) is 51.7 Å². The Morgan fingerprint density at radius 3 is 1.33 bits per heavy atom. The van der Waals surface area contributed by atoms with Gasteiger partial charge in [-0.3, -0.25) is 0 Å². The van der Waals surface area contributed by atoms with Gasteiger partial charge in [-0.1, -0.05) is 18.2 Å². The van der Waals surface area contributed by atoms with Gasteiger partial charge in [0.15, 0.2) is 11.5 Å². The van der Waals surface area contributed by atoms with Gasteiger partial charge in [0.1, 0.15) is 40.2 Å². The Kier molecular flexibility index (Phi) is 5.30. The number of rotatable bonds is 6. The average Bonchev–Trinajstić information content (AvgIpc) is 2.70. The third-order valence-electron chi connectivity index (χ3n) is 4.06. The molecule has 30 heavy (non-hydrogen) atoms. The van der Waals surface area contributed by atoms with E-state index in [1.165, 1.54) is 18.2 Å². The highest BCUT2D eigenvalue weighted by Crippen LogP contribution is 2.40. The first-order valence-electron chi connectivity index (χ1n) is 9.10. The zero-order valence-corrected chi connectivity index (χ0v) is 15.7. The van der Waals surface area contributed by atoms with Gasteiger partial charge in [0.2, 0.25) is 0 Å². The molecule has 0 heterocycles. The molecule has 0 atom stereocenters. The van der Waals surface area contributed by atoms with Crippen molar-refractivity contribution in [2.45, 2.75) is 0 Å². The molecule has 0 fully saturated rings. The summed E-state index contributed by atoms with van der Waals surface area (Å²) in [6, 6.07) is 24.2. The zero-order chi connectivity index (χ0) is 20.9. The van der Waals surface area contributed by atoms with E-state index >= 15 is 0 Å². The third kappa shape index (κ3) is 4.74. The highest BCUT2D eigenvalue weighted by atomic mass is 16.5.